The molecule has 7 heteroatoms. The SMILES string of the molecule is CC(C)(C)SCc1ncc(N)c(C(F)(F)F)n1. The molecule has 0 unspecified atom stereocenters. The summed E-state index contributed by atoms with van der Waals surface area (Å²) in [7, 11) is 0. The summed E-state index contributed by atoms with van der Waals surface area (Å²) in [5.74, 6) is 0.471. The Hall–Kier alpha value is -0.980. The lowest BCUT2D eigenvalue weighted by Crippen LogP contribution is -2.15. The molecule has 0 spiro atoms. The summed E-state index contributed by atoms with van der Waals surface area (Å²) in [4.78, 5) is 7.26. The first-order valence-corrected chi connectivity index (χ1v) is 5.91. The number of halogens is 3. The lowest BCUT2D eigenvalue weighted by atomic mass is 10.3. The number of hydrogen-bond donors (Lipinski definition) is 1. The molecule has 0 aliphatic heterocycles. The first-order valence-electron chi connectivity index (χ1n) is 4.92. The zero-order valence-electron chi connectivity index (χ0n) is 9.80. The Morgan fingerprint density at radius 2 is 1.88 bits per heavy atom. The third kappa shape index (κ3) is 4.41. The van der Waals surface area contributed by atoms with Crippen LogP contribution >= 0.6 is 11.8 Å². The molecule has 1 aromatic rings. The number of nitrogen functional groups attached to an aromatic ring is 1. The van der Waals surface area contributed by atoms with Crippen molar-refractivity contribution in [2.24, 2.45) is 0 Å². The minimum Gasteiger partial charge on any atom is -0.396 e. The van der Waals surface area contributed by atoms with E-state index in [1.165, 1.54) is 11.8 Å². The minimum atomic E-state index is -4.53. The van der Waals surface area contributed by atoms with E-state index in [4.69, 9.17) is 5.73 Å². The van der Waals surface area contributed by atoms with Crippen LogP contribution in [0.4, 0.5) is 18.9 Å². The van der Waals surface area contributed by atoms with Crippen LogP contribution in [-0.2, 0) is 11.9 Å². The second-order valence-electron chi connectivity index (χ2n) is 4.49. The van der Waals surface area contributed by atoms with Gasteiger partial charge >= 0.3 is 6.18 Å². The molecule has 3 nitrogen and oxygen atoms in total. The van der Waals surface area contributed by atoms with Gasteiger partial charge in [-0.05, 0) is 0 Å². The number of rotatable bonds is 2. The van der Waals surface area contributed by atoms with E-state index in [1.807, 2.05) is 20.8 Å². The van der Waals surface area contributed by atoms with Crippen LogP contribution < -0.4 is 5.73 Å². The Morgan fingerprint density at radius 3 is 2.35 bits per heavy atom. The average molecular weight is 265 g/mol. The highest BCUT2D eigenvalue weighted by Crippen LogP contribution is 2.32. The number of anilines is 1. The summed E-state index contributed by atoms with van der Waals surface area (Å²) >= 11 is 1.48. The molecule has 96 valence electrons. The van der Waals surface area contributed by atoms with Gasteiger partial charge in [-0.15, -0.1) is 11.8 Å². The van der Waals surface area contributed by atoms with Gasteiger partial charge in [0.25, 0.3) is 0 Å². The number of nitrogens with zero attached hydrogens (tertiary/aromatic N) is 2. The largest absolute Gasteiger partial charge is 0.435 e. The molecule has 0 aliphatic carbocycles. The van der Waals surface area contributed by atoms with Gasteiger partial charge in [-0.1, -0.05) is 20.8 Å². The molecule has 1 heterocycles. The van der Waals surface area contributed by atoms with Crippen LogP contribution in [0.15, 0.2) is 6.20 Å². The van der Waals surface area contributed by atoms with Crippen LogP contribution in [0.1, 0.15) is 32.3 Å². The number of hydrogen-bond acceptors (Lipinski definition) is 4. The summed E-state index contributed by atoms with van der Waals surface area (Å²) in [6.07, 6.45) is -3.53. The topological polar surface area (TPSA) is 51.8 Å². The summed E-state index contributed by atoms with van der Waals surface area (Å²) < 4.78 is 37.5. The molecule has 0 saturated heterocycles. The van der Waals surface area contributed by atoms with Gasteiger partial charge in [-0.2, -0.15) is 13.2 Å². The van der Waals surface area contributed by atoms with Gasteiger partial charge in [0.05, 0.1) is 17.6 Å². The summed E-state index contributed by atoms with van der Waals surface area (Å²) in [6, 6.07) is 0. The maximum absolute atomic E-state index is 12.5. The van der Waals surface area contributed by atoms with Gasteiger partial charge in [-0.25, -0.2) is 9.97 Å². The monoisotopic (exact) mass is 265 g/mol. The molecule has 17 heavy (non-hydrogen) atoms. The minimum absolute atomic E-state index is 0.0524. The van der Waals surface area contributed by atoms with Crippen LogP contribution in [0.5, 0.6) is 0 Å². The highest BCUT2D eigenvalue weighted by molar-refractivity contribution is 7.99. The smallest absolute Gasteiger partial charge is 0.396 e. The van der Waals surface area contributed by atoms with Crippen molar-refractivity contribution in [3.8, 4) is 0 Å². The van der Waals surface area contributed by atoms with Crippen LogP contribution in [-0.4, -0.2) is 14.7 Å². The van der Waals surface area contributed by atoms with Crippen molar-refractivity contribution in [3.05, 3.63) is 17.7 Å². The van der Waals surface area contributed by atoms with Crippen molar-refractivity contribution in [1.29, 1.82) is 0 Å². The van der Waals surface area contributed by atoms with E-state index in [-0.39, 0.29) is 10.6 Å². The van der Waals surface area contributed by atoms with E-state index in [0.29, 0.717) is 5.75 Å². The van der Waals surface area contributed by atoms with Crippen LogP contribution in [0.25, 0.3) is 0 Å². The Bertz CT molecular complexity index is 399. The maximum Gasteiger partial charge on any atom is 0.435 e. The van der Waals surface area contributed by atoms with Gasteiger partial charge in [0.1, 0.15) is 5.82 Å². The highest BCUT2D eigenvalue weighted by atomic mass is 32.2. The quantitative estimate of drug-likeness (QED) is 0.892. The summed E-state index contributed by atoms with van der Waals surface area (Å²) in [5.41, 5.74) is 3.70. The highest BCUT2D eigenvalue weighted by Gasteiger charge is 2.35. The van der Waals surface area contributed by atoms with E-state index < -0.39 is 17.6 Å². The first kappa shape index (κ1) is 14.1. The predicted molar refractivity (Wildman–Crippen MR) is 62.5 cm³/mol. The summed E-state index contributed by atoms with van der Waals surface area (Å²) in [5, 5.41) is 0. The zero-order valence-corrected chi connectivity index (χ0v) is 10.6. The fraction of sp³-hybridized carbons (Fsp3) is 0.600. The van der Waals surface area contributed by atoms with Gasteiger partial charge in [0.2, 0.25) is 0 Å². The maximum atomic E-state index is 12.5. The number of thioether (sulfide) groups is 1. The van der Waals surface area contributed by atoms with E-state index >= 15 is 0 Å². The van der Waals surface area contributed by atoms with E-state index in [2.05, 4.69) is 9.97 Å². The van der Waals surface area contributed by atoms with Gasteiger partial charge in [0, 0.05) is 4.75 Å². The fourth-order valence-corrected chi connectivity index (χ4v) is 1.71. The number of aromatic nitrogens is 2. The van der Waals surface area contributed by atoms with Gasteiger partial charge < -0.3 is 5.73 Å². The summed E-state index contributed by atoms with van der Waals surface area (Å²) in [6.45, 7) is 5.92. The van der Waals surface area contributed by atoms with Crippen LogP contribution in [0.2, 0.25) is 0 Å². The molecule has 2 N–H and O–H groups in total. The Morgan fingerprint density at radius 1 is 1.29 bits per heavy atom. The number of nitrogens with two attached hydrogens (primary N) is 1. The van der Waals surface area contributed by atoms with E-state index in [9.17, 15) is 13.2 Å². The third-order valence-electron chi connectivity index (χ3n) is 1.77. The van der Waals surface area contributed by atoms with Crippen molar-refractivity contribution in [1.82, 2.24) is 9.97 Å². The lowest BCUT2D eigenvalue weighted by molar-refractivity contribution is -0.140. The Balaban J connectivity index is 2.90. The van der Waals surface area contributed by atoms with Gasteiger partial charge in [0.15, 0.2) is 5.69 Å². The molecule has 0 saturated carbocycles. The fourth-order valence-electron chi connectivity index (χ4n) is 1.01. The predicted octanol–water partition coefficient (Wildman–Crippen LogP) is 3.11. The molecule has 0 amide bonds. The molecule has 1 aromatic heterocycles. The zero-order chi connectivity index (χ0) is 13.3. The molecular formula is C10H14F3N3S. The standard InChI is InChI=1S/C10H14F3N3S/c1-9(2,3)17-5-7-15-4-6(14)8(16-7)10(11,12)13/h4H,5,14H2,1-3H3. The second kappa shape index (κ2) is 4.72. The van der Waals surface area contributed by atoms with Crippen molar-refractivity contribution < 1.29 is 13.2 Å². The number of alkyl halides is 3. The molecule has 1 rings (SSSR count). The Kier molecular flexibility index (Phi) is 3.91. The van der Waals surface area contributed by atoms with Crippen molar-refractivity contribution in [3.63, 3.8) is 0 Å². The van der Waals surface area contributed by atoms with Crippen molar-refractivity contribution >= 4 is 17.4 Å². The molecule has 0 radical (unpaired) electrons. The average Bonchev–Trinajstić information content (AvgIpc) is 2.13. The molecule has 0 aromatic carbocycles. The van der Waals surface area contributed by atoms with E-state index in [1.54, 1.807) is 0 Å². The van der Waals surface area contributed by atoms with Crippen LogP contribution in [0.3, 0.4) is 0 Å². The third-order valence-corrected chi connectivity index (χ3v) is 3.04. The normalized spacial score (nSPS) is 12.8. The molecule has 0 atom stereocenters. The Labute approximate surface area is 102 Å². The molecule has 0 bridgehead atoms. The molecular weight excluding hydrogens is 251 g/mol. The lowest BCUT2D eigenvalue weighted by Gasteiger charge is -2.17. The van der Waals surface area contributed by atoms with Gasteiger partial charge in [-0.3, -0.25) is 0 Å². The van der Waals surface area contributed by atoms with Crippen LogP contribution in [0, 0.1) is 0 Å². The second-order valence-corrected chi connectivity index (χ2v) is 6.29. The molecule has 0 aliphatic rings. The van der Waals surface area contributed by atoms with Crippen molar-refractivity contribution in [2.75, 3.05) is 5.73 Å². The van der Waals surface area contributed by atoms with E-state index in [0.717, 1.165) is 6.20 Å². The first-order chi connectivity index (χ1) is 7.59. The van der Waals surface area contributed by atoms with Crippen molar-refractivity contribution in [2.45, 2.75) is 37.4 Å². The molecule has 0 fully saturated rings.